The van der Waals surface area contributed by atoms with Crippen LogP contribution < -0.4 is 5.56 Å². The Balaban J connectivity index is 1.69. The second-order valence-electron chi connectivity index (χ2n) is 5.76. The molecular formula is C19H16N4O2. The van der Waals surface area contributed by atoms with E-state index in [1.165, 1.54) is 0 Å². The van der Waals surface area contributed by atoms with Gasteiger partial charge in [0, 0.05) is 17.5 Å². The SMILES string of the molecule is CCCc1nnc(-c2ccc(-c3nc4ccccc4c(=O)[nH]3)cc2)o1. The van der Waals surface area contributed by atoms with Gasteiger partial charge in [0.05, 0.1) is 10.9 Å². The van der Waals surface area contributed by atoms with Crippen LogP contribution >= 0.6 is 0 Å². The Morgan fingerprint density at radius 3 is 2.56 bits per heavy atom. The molecule has 4 aromatic rings. The fraction of sp³-hybridized carbons (Fsp3) is 0.158. The summed E-state index contributed by atoms with van der Waals surface area (Å²) in [6.45, 7) is 2.07. The highest BCUT2D eigenvalue weighted by atomic mass is 16.4. The molecule has 25 heavy (non-hydrogen) atoms. The molecule has 2 aromatic heterocycles. The van der Waals surface area contributed by atoms with Crippen LogP contribution in [-0.4, -0.2) is 20.2 Å². The normalized spacial score (nSPS) is 11.1. The molecule has 0 amide bonds. The maximum absolute atomic E-state index is 12.2. The van der Waals surface area contributed by atoms with E-state index in [1.54, 1.807) is 6.07 Å². The van der Waals surface area contributed by atoms with Crippen LogP contribution in [0.1, 0.15) is 19.2 Å². The molecule has 6 heteroatoms. The third-order valence-electron chi connectivity index (χ3n) is 3.95. The molecule has 0 fully saturated rings. The zero-order chi connectivity index (χ0) is 17.2. The van der Waals surface area contributed by atoms with E-state index in [0.717, 1.165) is 24.0 Å². The minimum atomic E-state index is -0.147. The first-order valence-electron chi connectivity index (χ1n) is 8.17. The van der Waals surface area contributed by atoms with Gasteiger partial charge in [-0.1, -0.05) is 31.2 Å². The van der Waals surface area contributed by atoms with Gasteiger partial charge in [-0.15, -0.1) is 10.2 Å². The van der Waals surface area contributed by atoms with Crippen LogP contribution in [0.15, 0.2) is 57.7 Å². The molecule has 0 saturated carbocycles. The van der Waals surface area contributed by atoms with Gasteiger partial charge in [-0.3, -0.25) is 4.79 Å². The molecule has 0 aliphatic carbocycles. The number of aromatic nitrogens is 4. The van der Waals surface area contributed by atoms with Gasteiger partial charge in [0.1, 0.15) is 5.82 Å². The van der Waals surface area contributed by atoms with Crippen molar-refractivity contribution in [1.29, 1.82) is 0 Å². The second-order valence-corrected chi connectivity index (χ2v) is 5.76. The molecule has 0 aliphatic heterocycles. The van der Waals surface area contributed by atoms with Gasteiger partial charge in [-0.25, -0.2) is 4.98 Å². The number of rotatable bonds is 4. The van der Waals surface area contributed by atoms with E-state index in [-0.39, 0.29) is 5.56 Å². The maximum atomic E-state index is 12.2. The number of fused-ring (bicyclic) bond motifs is 1. The summed E-state index contributed by atoms with van der Waals surface area (Å²) in [6, 6.07) is 14.8. The topological polar surface area (TPSA) is 84.7 Å². The lowest BCUT2D eigenvalue weighted by Gasteiger charge is -2.03. The van der Waals surface area contributed by atoms with Crippen LogP contribution in [0.25, 0.3) is 33.7 Å². The van der Waals surface area contributed by atoms with Crippen LogP contribution in [0.4, 0.5) is 0 Å². The smallest absolute Gasteiger partial charge is 0.259 e. The van der Waals surface area contributed by atoms with Gasteiger partial charge in [-0.2, -0.15) is 0 Å². The molecule has 1 N–H and O–H groups in total. The summed E-state index contributed by atoms with van der Waals surface area (Å²) < 4.78 is 5.64. The van der Waals surface area contributed by atoms with Crippen LogP contribution in [-0.2, 0) is 6.42 Å². The standard InChI is InChI=1S/C19H16N4O2/c1-2-5-16-22-23-19(25-16)13-10-8-12(9-11-13)17-20-15-7-4-3-6-14(15)18(24)21-17/h3-4,6-11H,2,5H2,1H3,(H,20,21,24). The highest BCUT2D eigenvalue weighted by molar-refractivity contribution is 5.79. The van der Waals surface area contributed by atoms with E-state index >= 15 is 0 Å². The van der Waals surface area contributed by atoms with Crippen molar-refractivity contribution in [2.45, 2.75) is 19.8 Å². The van der Waals surface area contributed by atoms with Crippen molar-refractivity contribution < 1.29 is 4.42 Å². The van der Waals surface area contributed by atoms with E-state index in [9.17, 15) is 4.79 Å². The molecule has 0 aliphatic rings. The molecule has 0 saturated heterocycles. The van der Waals surface area contributed by atoms with E-state index in [2.05, 4.69) is 27.1 Å². The fourth-order valence-corrected chi connectivity index (χ4v) is 2.68. The Morgan fingerprint density at radius 2 is 1.76 bits per heavy atom. The fourth-order valence-electron chi connectivity index (χ4n) is 2.68. The summed E-state index contributed by atoms with van der Waals surface area (Å²) in [4.78, 5) is 19.6. The predicted octanol–water partition coefficient (Wildman–Crippen LogP) is 3.59. The van der Waals surface area contributed by atoms with Gasteiger partial charge in [0.2, 0.25) is 11.8 Å². The zero-order valence-corrected chi connectivity index (χ0v) is 13.7. The summed E-state index contributed by atoms with van der Waals surface area (Å²) in [6.07, 6.45) is 1.73. The summed E-state index contributed by atoms with van der Waals surface area (Å²) in [5.41, 5.74) is 2.18. The molecule has 0 radical (unpaired) electrons. The summed E-state index contributed by atoms with van der Waals surface area (Å²) in [5.74, 6) is 1.67. The molecule has 0 spiro atoms. The molecule has 0 bridgehead atoms. The first-order valence-corrected chi connectivity index (χ1v) is 8.17. The lowest BCUT2D eigenvalue weighted by Crippen LogP contribution is -2.09. The first kappa shape index (κ1) is 15.3. The van der Waals surface area contributed by atoms with Crippen LogP contribution in [0, 0.1) is 0 Å². The van der Waals surface area contributed by atoms with Crippen LogP contribution in [0.5, 0.6) is 0 Å². The second kappa shape index (κ2) is 6.32. The monoisotopic (exact) mass is 332 g/mol. The summed E-state index contributed by atoms with van der Waals surface area (Å²) >= 11 is 0. The zero-order valence-electron chi connectivity index (χ0n) is 13.7. The lowest BCUT2D eigenvalue weighted by atomic mass is 10.1. The van der Waals surface area contributed by atoms with Crippen molar-refractivity contribution in [2.75, 3.05) is 0 Å². The van der Waals surface area contributed by atoms with Gasteiger partial charge in [0.25, 0.3) is 5.56 Å². The molecule has 2 aromatic carbocycles. The number of hydrogen-bond donors (Lipinski definition) is 1. The van der Waals surface area contributed by atoms with Crippen molar-refractivity contribution in [1.82, 2.24) is 20.2 Å². The largest absolute Gasteiger partial charge is 0.421 e. The number of benzene rings is 2. The minimum Gasteiger partial charge on any atom is -0.421 e. The third-order valence-corrected chi connectivity index (χ3v) is 3.95. The molecule has 0 atom stereocenters. The molecule has 2 heterocycles. The molecular weight excluding hydrogens is 316 g/mol. The molecule has 6 nitrogen and oxygen atoms in total. The lowest BCUT2D eigenvalue weighted by molar-refractivity contribution is 0.502. The Hall–Kier alpha value is -3.28. The van der Waals surface area contributed by atoms with Gasteiger partial charge in [-0.05, 0) is 30.7 Å². The van der Waals surface area contributed by atoms with Crippen molar-refractivity contribution in [2.24, 2.45) is 0 Å². The average molecular weight is 332 g/mol. The van der Waals surface area contributed by atoms with Gasteiger partial charge in [0.15, 0.2) is 0 Å². The van der Waals surface area contributed by atoms with E-state index < -0.39 is 0 Å². The van der Waals surface area contributed by atoms with Gasteiger partial charge < -0.3 is 9.40 Å². The number of nitrogens with zero attached hydrogens (tertiary/aromatic N) is 3. The molecule has 124 valence electrons. The third kappa shape index (κ3) is 2.94. The Bertz CT molecular complexity index is 1080. The van der Waals surface area contributed by atoms with E-state index in [4.69, 9.17) is 4.42 Å². The summed E-state index contributed by atoms with van der Waals surface area (Å²) in [5, 5.41) is 8.69. The predicted molar refractivity (Wildman–Crippen MR) is 95.1 cm³/mol. The average Bonchev–Trinajstić information content (AvgIpc) is 3.11. The van der Waals surface area contributed by atoms with Crippen LogP contribution in [0.3, 0.4) is 0 Å². The minimum absolute atomic E-state index is 0.147. The molecule has 0 unspecified atom stereocenters. The van der Waals surface area contributed by atoms with Crippen molar-refractivity contribution in [3.8, 4) is 22.8 Å². The highest BCUT2D eigenvalue weighted by Gasteiger charge is 2.10. The van der Waals surface area contributed by atoms with Crippen molar-refractivity contribution >= 4 is 10.9 Å². The number of nitrogens with one attached hydrogen (secondary N) is 1. The Kier molecular flexibility index (Phi) is 3.85. The number of para-hydroxylation sites is 1. The molecule has 4 rings (SSSR count). The number of aryl methyl sites for hydroxylation is 1. The number of aromatic amines is 1. The highest BCUT2D eigenvalue weighted by Crippen LogP contribution is 2.22. The summed E-state index contributed by atoms with van der Waals surface area (Å²) in [7, 11) is 0. The Morgan fingerprint density at radius 1 is 1.00 bits per heavy atom. The number of hydrogen-bond acceptors (Lipinski definition) is 5. The van der Waals surface area contributed by atoms with Crippen molar-refractivity contribution in [3.05, 3.63) is 64.8 Å². The van der Waals surface area contributed by atoms with Crippen LogP contribution in [0.2, 0.25) is 0 Å². The van der Waals surface area contributed by atoms with Gasteiger partial charge >= 0.3 is 0 Å². The van der Waals surface area contributed by atoms with Crippen molar-refractivity contribution in [3.63, 3.8) is 0 Å². The quantitative estimate of drug-likeness (QED) is 0.617. The van der Waals surface area contributed by atoms with E-state index in [1.807, 2.05) is 42.5 Å². The first-order chi connectivity index (χ1) is 12.2. The van der Waals surface area contributed by atoms with E-state index in [0.29, 0.717) is 28.5 Å². The Labute approximate surface area is 143 Å². The maximum Gasteiger partial charge on any atom is 0.259 e. The number of H-pyrrole nitrogens is 1.